The summed E-state index contributed by atoms with van der Waals surface area (Å²) in [7, 11) is 1.66. The molecule has 0 aliphatic rings. The van der Waals surface area contributed by atoms with Crippen molar-refractivity contribution in [2.24, 2.45) is 7.05 Å². The predicted octanol–water partition coefficient (Wildman–Crippen LogP) is 5.32. The molecule has 6 nitrogen and oxygen atoms in total. The van der Waals surface area contributed by atoms with Crippen LogP contribution in [0.2, 0.25) is 5.02 Å². The molecule has 0 saturated heterocycles. The number of hydrogen-bond donors (Lipinski definition) is 2. The molecule has 3 rings (SSSR count). The summed E-state index contributed by atoms with van der Waals surface area (Å²) in [6, 6.07) is 10.9. The molecular formula is C21H22ClFN4O2S. The van der Waals surface area contributed by atoms with Gasteiger partial charge < -0.3 is 14.4 Å². The van der Waals surface area contributed by atoms with Gasteiger partial charge in [0.25, 0.3) is 0 Å². The molecule has 1 heterocycles. The minimum absolute atomic E-state index is 0.0575. The summed E-state index contributed by atoms with van der Waals surface area (Å²) in [4.78, 5) is 12.0. The van der Waals surface area contributed by atoms with Crippen LogP contribution in [0.3, 0.4) is 0 Å². The van der Waals surface area contributed by atoms with E-state index < -0.39 is 11.8 Å². The van der Waals surface area contributed by atoms with Gasteiger partial charge in [-0.05, 0) is 41.1 Å². The van der Waals surface area contributed by atoms with E-state index in [1.165, 1.54) is 29.6 Å². The van der Waals surface area contributed by atoms with Gasteiger partial charge in [-0.3, -0.25) is 4.79 Å². The molecule has 0 saturated carbocycles. The third-order valence-corrected chi connectivity index (χ3v) is 5.69. The number of carboxylic acid groups (broad SMARTS) is 1. The molecule has 0 bridgehead atoms. The second-order valence-corrected chi connectivity index (χ2v) is 9.15. The molecule has 2 aromatic carbocycles. The maximum atomic E-state index is 14.2. The number of nitrogens with one attached hydrogen (secondary N) is 1. The van der Waals surface area contributed by atoms with Crippen LogP contribution < -0.4 is 4.72 Å². The lowest BCUT2D eigenvalue weighted by atomic mass is 9.87. The number of hydrogen-bond acceptors (Lipinski definition) is 5. The molecule has 0 radical (unpaired) electrons. The smallest absolute Gasteiger partial charge is 0.311 e. The van der Waals surface area contributed by atoms with Gasteiger partial charge >= 0.3 is 5.97 Å². The number of rotatable bonds is 6. The lowest BCUT2D eigenvalue weighted by Crippen LogP contribution is -2.10. The zero-order valence-electron chi connectivity index (χ0n) is 17.0. The fourth-order valence-electron chi connectivity index (χ4n) is 2.84. The molecule has 1 aromatic heterocycles. The molecular weight excluding hydrogens is 427 g/mol. The summed E-state index contributed by atoms with van der Waals surface area (Å²) in [6.45, 7) is 6.45. The van der Waals surface area contributed by atoms with Crippen LogP contribution in [0.5, 0.6) is 0 Å². The van der Waals surface area contributed by atoms with Crippen molar-refractivity contribution >= 4 is 35.2 Å². The first-order valence-electron chi connectivity index (χ1n) is 9.19. The molecule has 3 aromatic rings. The molecule has 0 amide bonds. The zero-order chi connectivity index (χ0) is 22.1. The highest BCUT2D eigenvalue weighted by atomic mass is 35.5. The Bertz CT molecular complexity index is 1080. The van der Waals surface area contributed by atoms with Crippen LogP contribution in [0.4, 0.5) is 10.1 Å². The normalized spacial score (nSPS) is 11.5. The maximum Gasteiger partial charge on any atom is 0.311 e. The van der Waals surface area contributed by atoms with Crippen LogP contribution in [0.1, 0.15) is 32.2 Å². The summed E-state index contributed by atoms with van der Waals surface area (Å²) in [5.74, 6) is -0.907. The van der Waals surface area contributed by atoms with Crippen LogP contribution in [0.25, 0.3) is 11.4 Å². The van der Waals surface area contributed by atoms with E-state index in [1.807, 2.05) is 12.1 Å². The minimum atomic E-state index is -1.01. The van der Waals surface area contributed by atoms with Gasteiger partial charge in [0, 0.05) is 23.6 Å². The summed E-state index contributed by atoms with van der Waals surface area (Å²) < 4.78 is 18.9. The molecule has 0 spiro atoms. The second kappa shape index (κ2) is 8.65. The molecule has 0 atom stereocenters. The number of nitrogens with zero attached hydrogens (tertiary/aromatic N) is 3. The van der Waals surface area contributed by atoms with Crippen LogP contribution in [0.15, 0.2) is 41.3 Å². The SMILES string of the molecule is Cn1c(CC(=O)O)nnc1-c1cc(Cl)c(F)cc1NSc1ccc(C(C)(C)C)cc1. The standard InChI is InChI=1S/C21H22ClFN4O2S/c1-21(2,3)12-5-7-13(8-6-12)30-26-17-10-16(23)15(22)9-14(17)20-25-24-18(27(20)4)11-19(28)29/h5-10,26H,11H2,1-4H3,(H,28,29). The van der Waals surface area contributed by atoms with Crippen LogP contribution in [-0.4, -0.2) is 25.8 Å². The Balaban J connectivity index is 1.90. The predicted molar refractivity (Wildman–Crippen MR) is 117 cm³/mol. The van der Waals surface area contributed by atoms with E-state index in [0.717, 1.165) is 4.90 Å². The number of aromatic nitrogens is 3. The number of carbonyl (C=O) groups is 1. The summed E-state index contributed by atoms with van der Waals surface area (Å²) in [6.07, 6.45) is -0.268. The van der Waals surface area contributed by atoms with Gasteiger partial charge in [0.05, 0.1) is 10.7 Å². The monoisotopic (exact) mass is 448 g/mol. The van der Waals surface area contributed by atoms with E-state index >= 15 is 0 Å². The minimum Gasteiger partial charge on any atom is -0.481 e. The van der Waals surface area contributed by atoms with Gasteiger partial charge in [0.2, 0.25) is 0 Å². The van der Waals surface area contributed by atoms with Gasteiger partial charge in [-0.15, -0.1) is 10.2 Å². The van der Waals surface area contributed by atoms with E-state index in [1.54, 1.807) is 11.6 Å². The van der Waals surface area contributed by atoms with Crippen molar-refractivity contribution in [1.82, 2.24) is 14.8 Å². The molecule has 2 N–H and O–H groups in total. The summed E-state index contributed by atoms with van der Waals surface area (Å²) in [5, 5.41) is 17.0. The molecule has 0 fully saturated rings. The van der Waals surface area contributed by atoms with Crippen molar-refractivity contribution in [2.45, 2.75) is 37.5 Å². The molecule has 9 heteroatoms. The van der Waals surface area contributed by atoms with Crippen LogP contribution >= 0.6 is 23.5 Å². The fraction of sp³-hybridized carbons (Fsp3) is 0.286. The molecule has 30 heavy (non-hydrogen) atoms. The van der Waals surface area contributed by atoms with Crippen molar-refractivity contribution < 1.29 is 14.3 Å². The van der Waals surface area contributed by atoms with Gasteiger partial charge in [0.15, 0.2) is 5.82 Å². The Labute approximate surface area is 183 Å². The van der Waals surface area contributed by atoms with E-state index in [0.29, 0.717) is 17.1 Å². The Morgan fingerprint density at radius 1 is 1.23 bits per heavy atom. The highest BCUT2D eigenvalue weighted by molar-refractivity contribution is 8.00. The highest BCUT2D eigenvalue weighted by Gasteiger charge is 2.19. The lowest BCUT2D eigenvalue weighted by Gasteiger charge is -2.19. The maximum absolute atomic E-state index is 14.2. The number of anilines is 1. The van der Waals surface area contributed by atoms with E-state index in [2.05, 4.69) is 47.8 Å². The topological polar surface area (TPSA) is 80.0 Å². The van der Waals surface area contributed by atoms with Crippen LogP contribution in [0, 0.1) is 5.82 Å². The van der Waals surface area contributed by atoms with E-state index in [4.69, 9.17) is 16.7 Å². The van der Waals surface area contributed by atoms with Crippen molar-refractivity contribution in [3.05, 3.63) is 58.6 Å². The van der Waals surface area contributed by atoms with Crippen molar-refractivity contribution in [2.75, 3.05) is 4.72 Å². The first kappa shape index (κ1) is 22.1. The van der Waals surface area contributed by atoms with Gasteiger partial charge in [-0.25, -0.2) is 4.39 Å². The number of halogens is 2. The van der Waals surface area contributed by atoms with Gasteiger partial charge in [-0.1, -0.05) is 44.5 Å². The lowest BCUT2D eigenvalue weighted by molar-refractivity contribution is -0.136. The number of aliphatic carboxylic acids is 1. The number of carboxylic acids is 1. The highest BCUT2D eigenvalue weighted by Crippen LogP contribution is 2.35. The summed E-state index contributed by atoms with van der Waals surface area (Å²) in [5.41, 5.74) is 2.25. The van der Waals surface area contributed by atoms with Crippen molar-refractivity contribution in [1.29, 1.82) is 0 Å². The molecule has 0 unspecified atom stereocenters. The Hall–Kier alpha value is -2.58. The third kappa shape index (κ3) is 4.94. The van der Waals surface area contributed by atoms with E-state index in [-0.39, 0.29) is 22.7 Å². The molecule has 0 aliphatic carbocycles. The third-order valence-electron chi connectivity index (χ3n) is 4.57. The van der Waals surface area contributed by atoms with E-state index in [9.17, 15) is 9.18 Å². The quantitative estimate of drug-likeness (QED) is 0.497. The Morgan fingerprint density at radius 3 is 2.50 bits per heavy atom. The van der Waals surface area contributed by atoms with Crippen molar-refractivity contribution in [3.8, 4) is 11.4 Å². The largest absolute Gasteiger partial charge is 0.481 e. The second-order valence-electron chi connectivity index (χ2n) is 7.86. The number of benzene rings is 2. The Kier molecular flexibility index (Phi) is 6.38. The van der Waals surface area contributed by atoms with Crippen molar-refractivity contribution in [3.63, 3.8) is 0 Å². The van der Waals surface area contributed by atoms with Crippen LogP contribution in [-0.2, 0) is 23.7 Å². The molecule has 0 aliphatic heterocycles. The molecule has 158 valence electrons. The average Bonchev–Trinajstić information content (AvgIpc) is 3.01. The summed E-state index contributed by atoms with van der Waals surface area (Å²) >= 11 is 7.32. The van der Waals surface area contributed by atoms with Gasteiger partial charge in [0.1, 0.15) is 18.1 Å². The first-order valence-corrected chi connectivity index (χ1v) is 10.4. The zero-order valence-corrected chi connectivity index (χ0v) is 18.6. The fourth-order valence-corrected chi connectivity index (χ4v) is 3.67. The van der Waals surface area contributed by atoms with Gasteiger partial charge in [-0.2, -0.15) is 0 Å². The average molecular weight is 449 g/mol. The first-order chi connectivity index (χ1) is 14.1. The Morgan fingerprint density at radius 2 is 1.90 bits per heavy atom.